The monoisotopic (exact) mass is 256 g/mol. The van der Waals surface area contributed by atoms with Crippen molar-refractivity contribution in [3.8, 4) is 0 Å². The summed E-state index contributed by atoms with van der Waals surface area (Å²) in [5.74, 6) is 0. The van der Waals surface area contributed by atoms with Gasteiger partial charge in [-0.05, 0) is 18.4 Å². The van der Waals surface area contributed by atoms with Crippen LogP contribution < -0.4 is 0 Å². The Hall–Kier alpha value is -1.44. The van der Waals surface area contributed by atoms with Gasteiger partial charge >= 0.3 is 0 Å². The fourth-order valence-electron chi connectivity index (χ4n) is 2.29. The summed E-state index contributed by atoms with van der Waals surface area (Å²) in [6.07, 6.45) is 4.30. The third kappa shape index (κ3) is 3.31. The van der Waals surface area contributed by atoms with Crippen molar-refractivity contribution in [2.24, 2.45) is 15.6 Å². The largest absolute Gasteiger partial charge is 0.159 e. The van der Waals surface area contributed by atoms with E-state index in [1.165, 1.54) is 29.7 Å². The van der Waals surface area contributed by atoms with Crippen LogP contribution in [0, 0.1) is 5.41 Å². The molecule has 0 fully saturated rings. The fraction of sp³-hybridized carbons (Fsp3) is 0.529. The SMILES string of the molecule is CCCCC1=NN=C(C(C)(C)C)Cc2ccccc21. The molecule has 19 heavy (non-hydrogen) atoms. The maximum absolute atomic E-state index is 4.55. The van der Waals surface area contributed by atoms with Crippen molar-refractivity contribution in [3.05, 3.63) is 35.4 Å². The van der Waals surface area contributed by atoms with Gasteiger partial charge in [0.15, 0.2) is 0 Å². The van der Waals surface area contributed by atoms with Gasteiger partial charge < -0.3 is 0 Å². The minimum absolute atomic E-state index is 0.0802. The molecule has 0 aliphatic carbocycles. The van der Waals surface area contributed by atoms with E-state index in [1.807, 2.05) is 0 Å². The van der Waals surface area contributed by atoms with E-state index in [9.17, 15) is 0 Å². The van der Waals surface area contributed by atoms with E-state index in [0.29, 0.717) is 0 Å². The zero-order chi connectivity index (χ0) is 13.9. The van der Waals surface area contributed by atoms with E-state index in [1.54, 1.807) is 0 Å². The van der Waals surface area contributed by atoms with E-state index in [2.05, 4.69) is 62.2 Å². The van der Waals surface area contributed by atoms with Gasteiger partial charge in [0.05, 0.1) is 11.4 Å². The van der Waals surface area contributed by atoms with Crippen molar-refractivity contribution in [2.45, 2.75) is 53.4 Å². The van der Waals surface area contributed by atoms with Crippen LogP contribution in [-0.2, 0) is 6.42 Å². The Kier molecular flexibility index (Phi) is 4.18. The standard InChI is InChI=1S/C17H24N2/c1-5-6-11-15-14-10-8-7-9-13(14)12-16(19-18-15)17(2,3)4/h7-10H,5-6,11-12H2,1-4H3. The van der Waals surface area contributed by atoms with Crippen LogP contribution in [0.5, 0.6) is 0 Å². The maximum Gasteiger partial charge on any atom is 0.0705 e. The van der Waals surface area contributed by atoms with Crippen LogP contribution in [0.4, 0.5) is 0 Å². The number of nitrogens with zero attached hydrogens (tertiary/aromatic N) is 2. The second-order valence-electron chi connectivity index (χ2n) is 6.28. The molecule has 0 N–H and O–H groups in total. The zero-order valence-corrected chi connectivity index (χ0v) is 12.5. The molecule has 1 aromatic rings. The second-order valence-corrected chi connectivity index (χ2v) is 6.28. The molecule has 0 radical (unpaired) electrons. The van der Waals surface area contributed by atoms with Gasteiger partial charge in [-0.3, -0.25) is 0 Å². The average molecular weight is 256 g/mol. The first-order valence-corrected chi connectivity index (χ1v) is 7.24. The third-order valence-electron chi connectivity index (χ3n) is 3.61. The molecule has 2 rings (SSSR count). The van der Waals surface area contributed by atoms with Gasteiger partial charge in [0.25, 0.3) is 0 Å². The first kappa shape index (κ1) is 14.0. The number of fused-ring (bicyclic) bond motifs is 1. The molecule has 0 unspecified atom stereocenters. The number of hydrogen-bond donors (Lipinski definition) is 0. The summed E-state index contributed by atoms with van der Waals surface area (Å²) >= 11 is 0. The smallest absolute Gasteiger partial charge is 0.0705 e. The highest BCUT2D eigenvalue weighted by molar-refractivity contribution is 6.05. The van der Waals surface area contributed by atoms with E-state index < -0.39 is 0 Å². The van der Waals surface area contributed by atoms with Crippen LogP contribution in [-0.4, -0.2) is 11.4 Å². The molecular weight excluding hydrogens is 232 g/mol. The quantitative estimate of drug-likeness (QED) is 0.753. The Bertz CT molecular complexity index is 504. The highest BCUT2D eigenvalue weighted by Crippen LogP contribution is 2.25. The van der Waals surface area contributed by atoms with Crippen LogP contribution in [0.1, 0.15) is 58.1 Å². The van der Waals surface area contributed by atoms with Gasteiger partial charge in [-0.25, -0.2) is 0 Å². The van der Waals surface area contributed by atoms with Crippen LogP contribution in [0.3, 0.4) is 0 Å². The molecular formula is C17H24N2. The molecule has 0 saturated heterocycles. The second kappa shape index (κ2) is 5.68. The van der Waals surface area contributed by atoms with Crippen molar-refractivity contribution < 1.29 is 0 Å². The summed E-state index contributed by atoms with van der Waals surface area (Å²) in [6.45, 7) is 8.84. The molecule has 2 nitrogen and oxygen atoms in total. The predicted molar refractivity (Wildman–Crippen MR) is 83.1 cm³/mol. The van der Waals surface area contributed by atoms with Crippen molar-refractivity contribution in [2.75, 3.05) is 0 Å². The summed E-state index contributed by atoms with van der Waals surface area (Å²) in [6, 6.07) is 8.61. The zero-order valence-electron chi connectivity index (χ0n) is 12.5. The predicted octanol–water partition coefficient (Wildman–Crippen LogP) is 4.62. The van der Waals surface area contributed by atoms with Crippen LogP contribution in [0.15, 0.2) is 34.5 Å². The number of unbranched alkanes of at least 4 members (excludes halogenated alkanes) is 1. The fourth-order valence-corrected chi connectivity index (χ4v) is 2.29. The van der Waals surface area contributed by atoms with Gasteiger partial charge in [-0.2, -0.15) is 10.2 Å². The Balaban J connectivity index is 2.41. The Morgan fingerprint density at radius 1 is 1.11 bits per heavy atom. The summed E-state index contributed by atoms with van der Waals surface area (Å²) < 4.78 is 0. The first-order valence-electron chi connectivity index (χ1n) is 7.24. The van der Waals surface area contributed by atoms with Gasteiger partial charge in [0, 0.05) is 17.4 Å². The van der Waals surface area contributed by atoms with Crippen LogP contribution in [0.25, 0.3) is 0 Å². The molecule has 0 aromatic heterocycles. The summed E-state index contributed by atoms with van der Waals surface area (Å²) in [5, 5.41) is 9.10. The lowest BCUT2D eigenvalue weighted by Gasteiger charge is -2.20. The normalized spacial score (nSPS) is 15.4. The minimum atomic E-state index is 0.0802. The Morgan fingerprint density at radius 2 is 1.84 bits per heavy atom. The molecule has 1 aromatic carbocycles. The van der Waals surface area contributed by atoms with Gasteiger partial charge in [0.2, 0.25) is 0 Å². The molecule has 1 heterocycles. The van der Waals surface area contributed by atoms with Crippen molar-refractivity contribution in [3.63, 3.8) is 0 Å². The number of rotatable bonds is 3. The Labute approximate surface area is 116 Å². The number of benzene rings is 1. The lowest BCUT2D eigenvalue weighted by Crippen LogP contribution is -2.22. The topological polar surface area (TPSA) is 24.7 Å². The van der Waals surface area contributed by atoms with Gasteiger partial charge in [-0.15, -0.1) is 0 Å². The molecule has 1 aliphatic heterocycles. The molecule has 1 aliphatic rings. The minimum Gasteiger partial charge on any atom is -0.159 e. The molecule has 2 heteroatoms. The summed E-state index contributed by atoms with van der Waals surface area (Å²) in [5.41, 5.74) is 5.06. The molecule has 0 spiro atoms. The third-order valence-corrected chi connectivity index (χ3v) is 3.61. The highest BCUT2D eigenvalue weighted by Gasteiger charge is 2.23. The molecule has 0 bridgehead atoms. The summed E-state index contributed by atoms with van der Waals surface area (Å²) in [4.78, 5) is 0. The van der Waals surface area contributed by atoms with Gasteiger partial charge in [0.1, 0.15) is 0 Å². The molecule has 0 atom stereocenters. The first-order chi connectivity index (χ1) is 9.02. The average Bonchev–Trinajstić information content (AvgIpc) is 2.55. The van der Waals surface area contributed by atoms with E-state index >= 15 is 0 Å². The van der Waals surface area contributed by atoms with Gasteiger partial charge in [-0.1, -0.05) is 58.4 Å². The number of hydrogen-bond acceptors (Lipinski definition) is 2. The van der Waals surface area contributed by atoms with E-state index in [4.69, 9.17) is 0 Å². The molecule has 0 saturated carbocycles. The van der Waals surface area contributed by atoms with Crippen molar-refractivity contribution in [1.82, 2.24) is 0 Å². The summed E-state index contributed by atoms with van der Waals surface area (Å²) in [7, 11) is 0. The van der Waals surface area contributed by atoms with Crippen molar-refractivity contribution >= 4 is 11.4 Å². The highest BCUT2D eigenvalue weighted by atomic mass is 15.2. The molecule has 0 amide bonds. The lowest BCUT2D eigenvalue weighted by molar-refractivity contribution is 0.579. The lowest BCUT2D eigenvalue weighted by atomic mass is 9.85. The van der Waals surface area contributed by atoms with Crippen molar-refractivity contribution in [1.29, 1.82) is 0 Å². The maximum atomic E-state index is 4.55. The Morgan fingerprint density at radius 3 is 2.53 bits per heavy atom. The van der Waals surface area contributed by atoms with Crippen LogP contribution in [0.2, 0.25) is 0 Å². The van der Waals surface area contributed by atoms with Crippen LogP contribution >= 0.6 is 0 Å². The van der Waals surface area contributed by atoms with E-state index in [-0.39, 0.29) is 5.41 Å². The molecule has 102 valence electrons. The van der Waals surface area contributed by atoms with E-state index in [0.717, 1.165) is 18.6 Å².